The van der Waals surface area contributed by atoms with Crippen molar-refractivity contribution in [2.75, 3.05) is 0 Å². The molecule has 0 bridgehead atoms. The van der Waals surface area contributed by atoms with E-state index in [1.54, 1.807) is 16.9 Å². The Balaban J connectivity index is 2.38. The molecule has 0 fully saturated rings. The van der Waals surface area contributed by atoms with Gasteiger partial charge in [-0.2, -0.15) is 0 Å². The van der Waals surface area contributed by atoms with Crippen molar-refractivity contribution >= 4 is 6.16 Å². The third-order valence-electron chi connectivity index (χ3n) is 1.80. The molecule has 0 amide bonds. The first-order valence-corrected chi connectivity index (χ1v) is 4.66. The molecule has 78 valence electrons. The molecule has 5 nitrogen and oxygen atoms in total. The van der Waals surface area contributed by atoms with Crippen molar-refractivity contribution in [3.63, 3.8) is 0 Å². The van der Waals surface area contributed by atoms with Gasteiger partial charge in [-0.05, 0) is 6.42 Å². The molecule has 1 aromatic rings. The molecule has 0 aliphatic carbocycles. The molecule has 0 saturated carbocycles. The van der Waals surface area contributed by atoms with E-state index in [0.29, 0.717) is 0 Å². The van der Waals surface area contributed by atoms with Crippen molar-refractivity contribution in [3.05, 3.63) is 12.3 Å². The van der Waals surface area contributed by atoms with Crippen LogP contribution in [0.15, 0.2) is 12.3 Å². The smallest absolute Gasteiger partial charge is 0.449 e. The van der Waals surface area contributed by atoms with Crippen LogP contribution < -0.4 is 4.74 Å². The van der Waals surface area contributed by atoms with Crippen LogP contribution in [0.2, 0.25) is 0 Å². The van der Waals surface area contributed by atoms with Crippen LogP contribution in [0.4, 0.5) is 4.79 Å². The lowest BCUT2D eigenvalue weighted by molar-refractivity contribution is 0.142. The quantitative estimate of drug-likeness (QED) is 0.581. The zero-order valence-corrected chi connectivity index (χ0v) is 8.14. The Morgan fingerprint density at radius 1 is 1.64 bits per heavy atom. The zero-order valence-electron chi connectivity index (χ0n) is 8.14. The summed E-state index contributed by atoms with van der Waals surface area (Å²) in [6.07, 6.45) is 3.73. The molecule has 0 spiro atoms. The van der Waals surface area contributed by atoms with Crippen LogP contribution in [0.25, 0.3) is 0 Å². The lowest BCUT2D eigenvalue weighted by Gasteiger charge is -1.98. The zero-order chi connectivity index (χ0) is 10.4. The van der Waals surface area contributed by atoms with Crippen molar-refractivity contribution in [1.29, 1.82) is 0 Å². The van der Waals surface area contributed by atoms with Crippen LogP contribution in [0.5, 0.6) is 5.88 Å². The highest BCUT2D eigenvalue weighted by Gasteiger charge is 2.03. The number of aryl methyl sites for hydroxylation is 1. The summed E-state index contributed by atoms with van der Waals surface area (Å²) in [7, 11) is 0. The predicted molar refractivity (Wildman–Crippen MR) is 50.4 cm³/mol. The fraction of sp³-hybridized carbons (Fsp3) is 0.556. The number of hydrogen-bond acceptors (Lipinski definition) is 3. The van der Waals surface area contributed by atoms with Gasteiger partial charge in [0.1, 0.15) is 0 Å². The van der Waals surface area contributed by atoms with Gasteiger partial charge in [0.25, 0.3) is 0 Å². The normalized spacial score (nSPS) is 10.1. The molecule has 0 atom stereocenters. The van der Waals surface area contributed by atoms with E-state index in [-0.39, 0.29) is 5.88 Å². The summed E-state index contributed by atoms with van der Waals surface area (Å²) in [4.78, 5) is 10.2. The van der Waals surface area contributed by atoms with Crippen LogP contribution in [0.3, 0.4) is 0 Å². The van der Waals surface area contributed by atoms with E-state index in [1.807, 2.05) is 0 Å². The Bertz CT molecular complexity index is 296. The summed E-state index contributed by atoms with van der Waals surface area (Å²) >= 11 is 0. The van der Waals surface area contributed by atoms with Crippen LogP contribution >= 0.6 is 0 Å². The largest absolute Gasteiger partial charge is 0.512 e. The highest BCUT2D eigenvalue weighted by molar-refractivity contribution is 5.60. The number of aromatic nitrogens is 2. The highest BCUT2D eigenvalue weighted by Crippen LogP contribution is 2.07. The first kappa shape index (κ1) is 10.6. The molecule has 1 N–H and O–H groups in total. The number of carbonyl (C=O) groups is 1. The summed E-state index contributed by atoms with van der Waals surface area (Å²) in [5.74, 6) is 0.133. The molecule has 0 saturated heterocycles. The van der Waals surface area contributed by atoms with Crippen molar-refractivity contribution in [3.8, 4) is 5.88 Å². The highest BCUT2D eigenvalue weighted by atomic mass is 16.7. The number of nitrogens with zero attached hydrogens (tertiary/aromatic N) is 2. The molecule has 0 aromatic carbocycles. The van der Waals surface area contributed by atoms with E-state index < -0.39 is 6.16 Å². The maximum atomic E-state index is 10.2. The van der Waals surface area contributed by atoms with Gasteiger partial charge >= 0.3 is 6.16 Å². The van der Waals surface area contributed by atoms with Gasteiger partial charge in [0, 0.05) is 18.8 Å². The van der Waals surface area contributed by atoms with Gasteiger partial charge < -0.3 is 9.84 Å². The Hall–Kier alpha value is -1.52. The third-order valence-corrected chi connectivity index (χ3v) is 1.80. The van der Waals surface area contributed by atoms with E-state index in [9.17, 15) is 4.79 Å². The first-order chi connectivity index (χ1) is 6.72. The van der Waals surface area contributed by atoms with Crippen LogP contribution in [-0.2, 0) is 6.54 Å². The minimum Gasteiger partial charge on any atom is -0.449 e. The second-order valence-corrected chi connectivity index (χ2v) is 2.99. The standard InChI is InChI=1S/C9H14N2O3/c1-2-3-4-6-11-7-5-8(10-11)14-9(12)13/h5,7H,2-4,6H2,1H3,(H,12,13). The van der Waals surface area contributed by atoms with Crippen LogP contribution in [0, 0.1) is 0 Å². The molecule has 1 rings (SSSR count). The summed E-state index contributed by atoms with van der Waals surface area (Å²) in [6, 6.07) is 1.54. The average molecular weight is 198 g/mol. The molecule has 1 heterocycles. The lowest BCUT2D eigenvalue weighted by Crippen LogP contribution is -2.05. The van der Waals surface area contributed by atoms with E-state index in [1.165, 1.54) is 0 Å². The van der Waals surface area contributed by atoms with Gasteiger partial charge in [-0.3, -0.25) is 4.68 Å². The second kappa shape index (κ2) is 5.26. The van der Waals surface area contributed by atoms with Gasteiger partial charge in [0.15, 0.2) is 0 Å². The van der Waals surface area contributed by atoms with E-state index in [4.69, 9.17) is 5.11 Å². The molecule has 14 heavy (non-hydrogen) atoms. The van der Waals surface area contributed by atoms with Crippen molar-refractivity contribution in [2.24, 2.45) is 0 Å². The number of carboxylic acid groups (broad SMARTS) is 1. The molecule has 0 unspecified atom stereocenters. The van der Waals surface area contributed by atoms with E-state index >= 15 is 0 Å². The second-order valence-electron chi connectivity index (χ2n) is 2.99. The molecule has 1 aromatic heterocycles. The topological polar surface area (TPSA) is 64.3 Å². The van der Waals surface area contributed by atoms with E-state index in [2.05, 4.69) is 16.8 Å². The van der Waals surface area contributed by atoms with Crippen molar-refractivity contribution in [2.45, 2.75) is 32.7 Å². The minimum absolute atomic E-state index is 0.133. The van der Waals surface area contributed by atoms with Crippen molar-refractivity contribution < 1.29 is 14.6 Å². The molecular weight excluding hydrogens is 184 g/mol. The number of ether oxygens (including phenoxy) is 1. The molecule has 0 aliphatic rings. The van der Waals surface area contributed by atoms with Gasteiger partial charge in [0.05, 0.1) is 0 Å². The Labute approximate surface area is 82.3 Å². The van der Waals surface area contributed by atoms with Gasteiger partial charge in [-0.25, -0.2) is 4.79 Å². The number of hydrogen-bond donors (Lipinski definition) is 1. The maximum absolute atomic E-state index is 10.2. The third kappa shape index (κ3) is 3.47. The van der Waals surface area contributed by atoms with E-state index in [0.717, 1.165) is 25.8 Å². The maximum Gasteiger partial charge on any atom is 0.512 e. The molecule has 0 aliphatic heterocycles. The minimum atomic E-state index is -1.33. The predicted octanol–water partition coefficient (Wildman–Crippen LogP) is 2.13. The van der Waals surface area contributed by atoms with Gasteiger partial charge in [0.2, 0.25) is 5.88 Å². The van der Waals surface area contributed by atoms with Crippen LogP contribution in [-0.4, -0.2) is 21.0 Å². The summed E-state index contributed by atoms with van der Waals surface area (Å²) < 4.78 is 6.07. The van der Waals surface area contributed by atoms with Crippen molar-refractivity contribution in [1.82, 2.24) is 9.78 Å². The molecular formula is C9H14N2O3. The Morgan fingerprint density at radius 2 is 2.43 bits per heavy atom. The van der Waals surface area contributed by atoms with Gasteiger partial charge in [-0.15, -0.1) is 5.10 Å². The SMILES string of the molecule is CCCCCn1ccc(OC(=O)O)n1. The first-order valence-electron chi connectivity index (χ1n) is 4.66. The van der Waals surface area contributed by atoms with Gasteiger partial charge in [-0.1, -0.05) is 19.8 Å². The monoisotopic (exact) mass is 198 g/mol. The molecule has 0 radical (unpaired) electrons. The van der Waals surface area contributed by atoms with Crippen LogP contribution in [0.1, 0.15) is 26.2 Å². The number of rotatable bonds is 5. The number of unbranched alkanes of at least 4 members (excludes halogenated alkanes) is 2. The average Bonchev–Trinajstić information content (AvgIpc) is 2.52. The fourth-order valence-corrected chi connectivity index (χ4v) is 1.14. The Morgan fingerprint density at radius 3 is 3.07 bits per heavy atom. The summed E-state index contributed by atoms with van der Waals surface area (Å²) in [6.45, 7) is 2.93. The Kier molecular flexibility index (Phi) is 3.97. The fourth-order valence-electron chi connectivity index (χ4n) is 1.14. The molecule has 5 heteroatoms. The summed E-state index contributed by atoms with van der Waals surface area (Å²) in [5.41, 5.74) is 0. The summed E-state index contributed by atoms with van der Waals surface area (Å²) in [5, 5.41) is 12.3. The lowest BCUT2D eigenvalue weighted by atomic mass is 10.2.